The Bertz CT molecular complexity index is 371. The summed E-state index contributed by atoms with van der Waals surface area (Å²) < 4.78 is 0. The van der Waals surface area contributed by atoms with E-state index in [2.05, 4.69) is 61.8 Å². The van der Waals surface area contributed by atoms with Crippen LogP contribution in [0.5, 0.6) is 0 Å². The quantitative estimate of drug-likeness (QED) is 0.684. The average Bonchev–Trinajstić information content (AvgIpc) is 2.39. The second-order valence-corrected chi connectivity index (χ2v) is 5.41. The maximum absolute atomic E-state index is 3.83. The van der Waals surface area contributed by atoms with E-state index in [9.17, 15) is 0 Å². The Morgan fingerprint density at radius 2 is 1.95 bits per heavy atom. The van der Waals surface area contributed by atoms with Crippen LogP contribution in [0.3, 0.4) is 0 Å². The molecule has 0 heterocycles. The first-order valence-electron chi connectivity index (χ1n) is 7.28. The predicted octanol–water partition coefficient (Wildman–Crippen LogP) is 3.44. The van der Waals surface area contributed by atoms with Gasteiger partial charge in [-0.05, 0) is 30.1 Å². The second-order valence-electron chi connectivity index (χ2n) is 5.41. The molecule has 0 aliphatic rings. The number of nitrogens with zero attached hydrogens (tertiary/aromatic N) is 1. The van der Waals surface area contributed by atoms with Gasteiger partial charge in [0.1, 0.15) is 0 Å². The fraction of sp³-hybridized carbons (Fsp3) is 0.529. The van der Waals surface area contributed by atoms with Gasteiger partial charge in [-0.25, -0.2) is 0 Å². The zero-order chi connectivity index (χ0) is 14.1. The molecule has 19 heavy (non-hydrogen) atoms. The minimum absolute atomic E-state index is 0.695. The zero-order valence-electron chi connectivity index (χ0n) is 12.7. The summed E-state index contributed by atoms with van der Waals surface area (Å²) in [7, 11) is 0. The van der Waals surface area contributed by atoms with Crippen molar-refractivity contribution in [1.82, 2.24) is 10.2 Å². The van der Waals surface area contributed by atoms with Gasteiger partial charge < -0.3 is 5.32 Å². The van der Waals surface area contributed by atoms with Crippen molar-refractivity contribution >= 4 is 0 Å². The maximum atomic E-state index is 3.83. The largest absolute Gasteiger partial charge is 0.312 e. The standard InChI is InChI=1S/C17H28N2/c1-5-11-19(6-2)14-17-10-8-7-9-16(17)13-18-12-15(3)4/h5,7-10,15,18H,1,6,11-14H2,2-4H3. The highest BCUT2D eigenvalue weighted by Crippen LogP contribution is 2.12. The molecular weight excluding hydrogens is 232 g/mol. The summed E-state index contributed by atoms with van der Waals surface area (Å²) in [5, 5.41) is 3.53. The minimum Gasteiger partial charge on any atom is -0.312 e. The molecule has 0 saturated heterocycles. The monoisotopic (exact) mass is 260 g/mol. The SMILES string of the molecule is C=CCN(CC)Cc1ccccc1CNCC(C)C. The van der Waals surface area contributed by atoms with Crippen LogP contribution in [0.2, 0.25) is 0 Å². The molecule has 0 aliphatic heterocycles. The summed E-state index contributed by atoms with van der Waals surface area (Å²) in [4.78, 5) is 2.40. The first kappa shape index (κ1) is 15.9. The van der Waals surface area contributed by atoms with Gasteiger partial charge in [0.15, 0.2) is 0 Å². The number of rotatable bonds is 9. The van der Waals surface area contributed by atoms with E-state index in [1.54, 1.807) is 0 Å². The summed E-state index contributed by atoms with van der Waals surface area (Å²) in [6, 6.07) is 8.71. The fourth-order valence-corrected chi connectivity index (χ4v) is 2.11. The van der Waals surface area contributed by atoms with Crippen LogP contribution < -0.4 is 5.32 Å². The first-order chi connectivity index (χ1) is 9.17. The first-order valence-corrected chi connectivity index (χ1v) is 7.28. The molecule has 106 valence electrons. The van der Waals surface area contributed by atoms with Crippen LogP contribution in [0.1, 0.15) is 31.9 Å². The molecule has 2 heteroatoms. The van der Waals surface area contributed by atoms with Crippen molar-refractivity contribution in [1.29, 1.82) is 0 Å². The average molecular weight is 260 g/mol. The van der Waals surface area contributed by atoms with Crippen LogP contribution in [0.4, 0.5) is 0 Å². The van der Waals surface area contributed by atoms with Crippen molar-refractivity contribution in [3.63, 3.8) is 0 Å². The van der Waals surface area contributed by atoms with E-state index in [0.717, 1.165) is 32.7 Å². The normalized spacial score (nSPS) is 11.2. The fourth-order valence-electron chi connectivity index (χ4n) is 2.11. The van der Waals surface area contributed by atoms with E-state index in [1.807, 2.05) is 6.08 Å². The van der Waals surface area contributed by atoms with Crippen molar-refractivity contribution in [3.8, 4) is 0 Å². The summed E-state index contributed by atoms with van der Waals surface area (Å²) in [6.07, 6.45) is 1.98. The lowest BCUT2D eigenvalue weighted by Gasteiger charge is -2.20. The van der Waals surface area contributed by atoms with E-state index < -0.39 is 0 Å². The van der Waals surface area contributed by atoms with E-state index in [4.69, 9.17) is 0 Å². The van der Waals surface area contributed by atoms with Crippen LogP contribution in [0.25, 0.3) is 0 Å². The Balaban J connectivity index is 2.63. The lowest BCUT2D eigenvalue weighted by atomic mass is 10.1. The van der Waals surface area contributed by atoms with Crippen LogP contribution in [0.15, 0.2) is 36.9 Å². The van der Waals surface area contributed by atoms with E-state index in [-0.39, 0.29) is 0 Å². The number of hydrogen-bond donors (Lipinski definition) is 1. The van der Waals surface area contributed by atoms with Crippen LogP contribution in [-0.4, -0.2) is 24.5 Å². The molecule has 0 saturated carbocycles. The molecule has 2 nitrogen and oxygen atoms in total. The molecular formula is C17H28N2. The van der Waals surface area contributed by atoms with Gasteiger partial charge in [-0.15, -0.1) is 6.58 Å². The number of likely N-dealkylation sites (N-methyl/N-ethyl adjacent to an activating group) is 1. The highest BCUT2D eigenvalue weighted by atomic mass is 15.1. The van der Waals surface area contributed by atoms with Crippen LogP contribution in [-0.2, 0) is 13.1 Å². The zero-order valence-corrected chi connectivity index (χ0v) is 12.7. The molecule has 0 aromatic heterocycles. The molecule has 0 fully saturated rings. The van der Waals surface area contributed by atoms with Crippen molar-refractivity contribution < 1.29 is 0 Å². The molecule has 1 aromatic rings. The molecule has 0 bridgehead atoms. The van der Waals surface area contributed by atoms with Crippen molar-refractivity contribution in [2.75, 3.05) is 19.6 Å². The van der Waals surface area contributed by atoms with E-state index in [1.165, 1.54) is 11.1 Å². The van der Waals surface area contributed by atoms with Crippen molar-refractivity contribution in [3.05, 3.63) is 48.0 Å². The number of hydrogen-bond acceptors (Lipinski definition) is 2. The van der Waals surface area contributed by atoms with Crippen molar-refractivity contribution in [2.45, 2.75) is 33.9 Å². The number of nitrogens with one attached hydrogen (secondary N) is 1. The topological polar surface area (TPSA) is 15.3 Å². The molecule has 0 amide bonds. The van der Waals surface area contributed by atoms with E-state index >= 15 is 0 Å². The second kappa shape index (κ2) is 8.89. The van der Waals surface area contributed by atoms with Gasteiger partial charge in [-0.3, -0.25) is 4.90 Å². The summed E-state index contributed by atoms with van der Waals surface area (Å²) in [6.45, 7) is 15.5. The third-order valence-electron chi connectivity index (χ3n) is 3.21. The van der Waals surface area contributed by atoms with Gasteiger partial charge in [0, 0.05) is 19.6 Å². The smallest absolute Gasteiger partial charge is 0.0240 e. The van der Waals surface area contributed by atoms with Crippen LogP contribution >= 0.6 is 0 Å². The molecule has 0 radical (unpaired) electrons. The maximum Gasteiger partial charge on any atom is 0.0240 e. The van der Waals surface area contributed by atoms with Gasteiger partial charge >= 0.3 is 0 Å². The van der Waals surface area contributed by atoms with Gasteiger partial charge in [-0.1, -0.05) is 51.1 Å². The Morgan fingerprint density at radius 3 is 2.53 bits per heavy atom. The van der Waals surface area contributed by atoms with Crippen molar-refractivity contribution in [2.24, 2.45) is 5.92 Å². The molecule has 0 unspecified atom stereocenters. The predicted molar refractivity (Wildman–Crippen MR) is 84.1 cm³/mol. The molecule has 0 spiro atoms. The molecule has 0 atom stereocenters. The third kappa shape index (κ3) is 6.04. The lowest BCUT2D eigenvalue weighted by molar-refractivity contribution is 0.310. The Morgan fingerprint density at radius 1 is 1.26 bits per heavy atom. The molecule has 0 aliphatic carbocycles. The minimum atomic E-state index is 0.695. The lowest BCUT2D eigenvalue weighted by Crippen LogP contribution is -2.25. The Kier molecular flexibility index (Phi) is 7.46. The molecule has 1 rings (SSSR count). The number of benzene rings is 1. The summed E-state index contributed by atoms with van der Waals surface area (Å²) in [5.74, 6) is 0.695. The Hall–Kier alpha value is -1.12. The highest BCUT2D eigenvalue weighted by molar-refractivity contribution is 5.27. The third-order valence-corrected chi connectivity index (χ3v) is 3.21. The van der Waals surface area contributed by atoms with Gasteiger partial charge in [0.25, 0.3) is 0 Å². The Labute approximate surface area is 118 Å². The van der Waals surface area contributed by atoms with E-state index in [0.29, 0.717) is 5.92 Å². The molecule has 1 aromatic carbocycles. The van der Waals surface area contributed by atoms with Crippen LogP contribution in [0, 0.1) is 5.92 Å². The van der Waals surface area contributed by atoms with Gasteiger partial charge in [-0.2, -0.15) is 0 Å². The van der Waals surface area contributed by atoms with Gasteiger partial charge in [0.2, 0.25) is 0 Å². The van der Waals surface area contributed by atoms with Gasteiger partial charge in [0.05, 0.1) is 0 Å². The highest BCUT2D eigenvalue weighted by Gasteiger charge is 2.06. The molecule has 1 N–H and O–H groups in total. The summed E-state index contributed by atoms with van der Waals surface area (Å²) in [5.41, 5.74) is 2.83. The summed E-state index contributed by atoms with van der Waals surface area (Å²) >= 11 is 0.